The van der Waals surface area contributed by atoms with Gasteiger partial charge in [0.05, 0.1) is 12.2 Å². The number of likely N-dealkylation sites (N-methyl/N-ethyl adjacent to an activating group) is 1. The summed E-state index contributed by atoms with van der Waals surface area (Å²) in [5.41, 5.74) is 1.16. The van der Waals surface area contributed by atoms with Crippen LogP contribution in [-0.2, 0) is 11.3 Å². The summed E-state index contributed by atoms with van der Waals surface area (Å²) in [4.78, 5) is 25.2. The lowest BCUT2D eigenvalue weighted by Crippen LogP contribution is -2.37. The fourth-order valence-electron chi connectivity index (χ4n) is 2.08. The zero-order valence-corrected chi connectivity index (χ0v) is 13.1. The first-order chi connectivity index (χ1) is 10.5. The largest absolute Gasteiger partial charge is 0.349 e. The van der Waals surface area contributed by atoms with Crippen molar-refractivity contribution in [3.63, 3.8) is 0 Å². The van der Waals surface area contributed by atoms with E-state index in [1.54, 1.807) is 18.2 Å². The van der Waals surface area contributed by atoms with Gasteiger partial charge in [-0.3, -0.25) is 14.5 Å². The Bertz CT molecular complexity index is 677. The molecular weight excluding hydrogens is 304 g/mol. The van der Waals surface area contributed by atoms with Crippen LogP contribution in [0, 0.1) is 0 Å². The summed E-state index contributed by atoms with van der Waals surface area (Å²) in [7, 11) is 3.66. The Hall–Kier alpha value is -2.18. The van der Waals surface area contributed by atoms with Crippen LogP contribution in [0.1, 0.15) is 17.3 Å². The van der Waals surface area contributed by atoms with E-state index in [9.17, 15) is 9.59 Å². The second-order valence-electron chi connectivity index (χ2n) is 5.05. The molecule has 2 aromatic rings. The van der Waals surface area contributed by atoms with Gasteiger partial charge in [-0.25, -0.2) is 5.10 Å². The molecule has 0 bridgehead atoms. The van der Waals surface area contributed by atoms with E-state index in [-0.39, 0.29) is 18.0 Å². The fraction of sp³-hybridized carbons (Fsp3) is 0.267. The summed E-state index contributed by atoms with van der Waals surface area (Å²) in [5.74, 6) is -0.152. The molecule has 0 aliphatic heterocycles. The van der Waals surface area contributed by atoms with E-state index in [1.807, 2.05) is 31.1 Å². The lowest BCUT2D eigenvalue weighted by molar-refractivity contribution is -0.126. The van der Waals surface area contributed by atoms with Crippen molar-refractivity contribution in [2.24, 2.45) is 0 Å². The molecule has 2 N–H and O–H groups in total. The molecule has 0 aliphatic rings. The van der Waals surface area contributed by atoms with E-state index in [4.69, 9.17) is 11.6 Å². The highest BCUT2D eigenvalue weighted by molar-refractivity contribution is 6.30. The number of carbonyl (C=O) groups excluding carboxylic acids is 1. The quantitative estimate of drug-likeness (QED) is 0.871. The first-order valence-corrected chi connectivity index (χ1v) is 7.09. The number of carbonyl (C=O) groups is 1. The molecule has 0 fully saturated rings. The molecule has 1 heterocycles. The number of nitrogens with one attached hydrogen (secondary N) is 2. The molecule has 2 rings (SSSR count). The number of H-pyrrole nitrogens is 1. The van der Waals surface area contributed by atoms with Crippen molar-refractivity contribution in [3.05, 3.63) is 63.0 Å². The Morgan fingerprint density at radius 3 is 2.50 bits per heavy atom. The lowest BCUT2D eigenvalue weighted by atomic mass is 10.1. The van der Waals surface area contributed by atoms with Gasteiger partial charge in [0.2, 0.25) is 5.91 Å². The number of amides is 1. The molecule has 0 spiro atoms. The van der Waals surface area contributed by atoms with Crippen LogP contribution in [0.2, 0.25) is 5.02 Å². The first-order valence-electron chi connectivity index (χ1n) is 6.71. The Labute approximate surface area is 133 Å². The minimum atomic E-state index is -0.431. The normalized spacial score (nSPS) is 12.2. The van der Waals surface area contributed by atoms with Crippen molar-refractivity contribution in [2.45, 2.75) is 12.6 Å². The van der Waals surface area contributed by atoms with Crippen molar-refractivity contribution in [1.82, 2.24) is 20.4 Å². The summed E-state index contributed by atoms with van der Waals surface area (Å²) < 4.78 is 0. The number of benzene rings is 1. The van der Waals surface area contributed by atoms with Gasteiger partial charge in [-0.1, -0.05) is 23.7 Å². The number of aromatic amines is 1. The molecule has 1 aromatic carbocycles. The van der Waals surface area contributed by atoms with Gasteiger partial charge in [0.25, 0.3) is 5.56 Å². The van der Waals surface area contributed by atoms with Crippen molar-refractivity contribution < 1.29 is 4.79 Å². The van der Waals surface area contributed by atoms with Crippen LogP contribution in [0.15, 0.2) is 41.2 Å². The third-order valence-electron chi connectivity index (χ3n) is 3.13. The van der Waals surface area contributed by atoms with Gasteiger partial charge in [0, 0.05) is 11.1 Å². The molecule has 7 heteroatoms. The van der Waals surface area contributed by atoms with Gasteiger partial charge in [-0.15, -0.1) is 0 Å². The molecule has 1 unspecified atom stereocenters. The number of nitrogens with zero attached hydrogens (tertiary/aromatic N) is 2. The van der Waals surface area contributed by atoms with E-state index in [1.165, 1.54) is 6.07 Å². The molecule has 22 heavy (non-hydrogen) atoms. The van der Waals surface area contributed by atoms with Crippen LogP contribution in [-0.4, -0.2) is 35.1 Å². The van der Waals surface area contributed by atoms with Gasteiger partial charge < -0.3 is 5.32 Å². The molecule has 0 saturated carbocycles. The molecule has 0 radical (unpaired) electrons. The first kappa shape index (κ1) is 16.2. The van der Waals surface area contributed by atoms with Crippen LogP contribution >= 0.6 is 11.6 Å². The van der Waals surface area contributed by atoms with Crippen LogP contribution in [0.25, 0.3) is 0 Å². The van der Waals surface area contributed by atoms with Crippen LogP contribution in [0.5, 0.6) is 0 Å². The summed E-state index contributed by atoms with van der Waals surface area (Å²) >= 11 is 5.88. The molecule has 0 saturated heterocycles. The Morgan fingerprint density at radius 1 is 1.27 bits per heavy atom. The molecular formula is C15H17ClN4O2. The monoisotopic (exact) mass is 320 g/mol. The van der Waals surface area contributed by atoms with E-state index < -0.39 is 6.04 Å². The molecule has 0 aliphatic carbocycles. The van der Waals surface area contributed by atoms with Crippen LogP contribution in [0.3, 0.4) is 0 Å². The van der Waals surface area contributed by atoms with Crippen LogP contribution < -0.4 is 10.9 Å². The average Bonchev–Trinajstić information content (AvgIpc) is 2.48. The predicted molar refractivity (Wildman–Crippen MR) is 84.6 cm³/mol. The molecule has 116 valence electrons. The highest BCUT2D eigenvalue weighted by atomic mass is 35.5. The smallest absolute Gasteiger partial charge is 0.264 e. The van der Waals surface area contributed by atoms with E-state index in [0.717, 1.165) is 5.56 Å². The summed E-state index contributed by atoms with van der Waals surface area (Å²) in [6, 6.07) is 9.67. The summed E-state index contributed by atoms with van der Waals surface area (Å²) in [5, 5.41) is 9.63. The Morgan fingerprint density at radius 2 is 1.95 bits per heavy atom. The fourth-order valence-corrected chi connectivity index (χ4v) is 2.20. The molecule has 6 nitrogen and oxygen atoms in total. The topological polar surface area (TPSA) is 78.1 Å². The highest BCUT2D eigenvalue weighted by Gasteiger charge is 2.22. The Kier molecular flexibility index (Phi) is 5.30. The predicted octanol–water partition coefficient (Wildman–Crippen LogP) is 1.34. The third-order valence-corrected chi connectivity index (χ3v) is 3.38. The highest BCUT2D eigenvalue weighted by Crippen LogP contribution is 2.20. The lowest BCUT2D eigenvalue weighted by Gasteiger charge is -2.23. The molecule has 1 atom stereocenters. The van der Waals surface area contributed by atoms with Gasteiger partial charge >= 0.3 is 0 Å². The maximum Gasteiger partial charge on any atom is 0.264 e. The van der Waals surface area contributed by atoms with E-state index >= 15 is 0 Å². The van der Waals surface area contributed by atoms with Gasteiger partial charge in [-0.05, 0) is 37.9 Å². The number of rotatable bonds is 5. The SMILES string of the molecule is CN(C)C(C(=O)NCc1ccc(=O)[nH]n1)c1ccc(Cl)cc1. The Balaban J connectivity index is 2.08. The maximum atomic E-state index is 12.4. The van der Waals surface area contributed by atoms with E-state index in [0.29, 0.717) is 10.7 Å². The second-order valence-corrected chi connectivity index (χ2v) is 5.48. The average molecular weight is 321 g/mol. The van der Waals surface area contributed by atoms with E-state index in [2.05, 4.69) is 15.5 Å². The zero-order valence-electron chi connectivity index (χ0n) is 12.3. The van der Waals surface area contributed by atoms with Crippen molar-refractivity contribution >= 4 is 17.5 Å². The van der Waals surface area contributed by atoms with Gasteiger partial charge in [0.1, 0.15) is 6.04 Å². The number of hydrogen-bond acceptors (Lipinski definition) is 4. The van der Waals surface area contributed by atoms with Crippen LogP contribution in [0.4, 0.5) is 0 Å². The second kappa shape index (κ2) is 7.20. The number of hydrogen-bond donors (Lipinski definition) is 2. The zero-order chi connectivity index (χ0) is 16.1. The standard InChI is InChI=1S/C15H17ClN4O2/c1-20(2)14(10-3-5-11(16)6-4-10)15(22)17-9-12-7-8-13(21)19-18-12/h3-8,14H,9H2,1-2H3,(H,17,22)(H,19,21). The van der Waals surface area contributed by atoms with Crippen molar-refractivity contribution in [3.8, 4) is 0 Å². The molecule has 1 amide bonds. The van der Waals surface area contributed by atoms with Crippen molar-refractivity contribution in [1.29, 1.82) is 0 Å². The minimum absolute atomic E-state index is 0.152. The third kappa shape index (κ3) is 4.16. The minimum Gasteiger partial charge on any atom is -0.349 e. The summed E-state index contributed by atoms with van der Waals surface area (Å²) in [6.45, 7) is 0.244. The number of aromatic nitrogens is 2. The molecule has 1 aromatic heterocycles. The maximum absolute atomic E-state index is 12.4. The summed E-state index contributed by atoms with van der Waals surface area (Å²) in [6.07, 6.45) is 0. The van der Waals surface area contributed by atoms with Gasteiger partial charge in [0.15, 0.2) is 0 Å². The van der Waals surface area contributed by atoms with Crippen molar-refractivity contribution in [2.75, 3.05) is 14.1 Å². The number of halogens is 1. The van der Waals surface area contributed by atoms with Gasteiger partial charge in [-0.2, -0.15) is 5.10 Å².